The van der Waals surface area contributed by atoms with Crippen LogP contribution < -0.4 is 10.6 Å². The van der Waals surface area contributed by atoms with Crippen molar-refractivity contribution in [3.8, 4) is 0 Å². The molecule has 1 atom stereocenters. The summed E-state index contributed by atoms with van der Waals surface area (Å²) in [6.07, 6.45) is 3.46. The van der Waals surface area contributed by atoms with Gasteiger partial charge < -0.3 is 24.7 Å². The molecule has 3 rings (SSSR count). The monoisotopic (exact) mass is 402 g/mol. The lowest BCUT2D eigenvalue weighted by Crippen LogP contribution is -2.24. The summed E-state index contributed by atoms with van der Waals surface area (Å²) < 4.78 is 12.1. The molecule has 2 aromatic heterocycles. The number of carbonyl (C=O) groups is 2. The highest BCUT2D eigenvalue weighted by atomic mass is 16.5. The van der Waals surface area contributed by atoms with Gasteiger partial charge in [-0.2, -0.15) is 0 Å². The first-order chi connectivity index (χ1) is 14.0. The Balaban J connectivity index is 2.02. The number of hydrogen-bond acceptors (Lipinski definition) is 6. The number of amides is 1. The molecule has 3 heterocycles. The van der Waals surface area contributed by atoms with E-state index in [1.54, 1.807) is 10.8 Å². The Morgan fingerprint density at radius 1 is 1.41 bits per heavy atom. The van der Waals surface area contributed by atoms with Crippen LogP contribution in [0.25, 0.3) is 11.0 Å². The molecule has 1 aliphatic rings. The zero-order valence-electron chi connectivity index (χ0n) is 17.6. The van der Waals surface area contributed by atoms with E-state index >= 15 is 0 Å². The smallest absolute Gasteiger partial charge is 0.356 e. The Kier molecular flexibility index (Phi) is 6.74. The van der Waals surface area contributed by atoms with E-state index in [2.05, 4.69) is 29.5 Å². The van der Waals surface area contributed by atoms with Gasteiger partial charge in [-0.25, -0.2) is 9.78 Å². The number of aromatic nitrogens is 2. The molecule has 1 amide bonds. The molecular formula is C21H30N4O4. The minimum atomic E-state index is -0.503. The summed E-state index contributed by atoms with van der Waals surface area (Å²) in [5, 5.41) is 7.05. The molecule has 8 heteroatoms. The first-order valence-corrected chi connectivity index (χ1v) is 10.2. The molecule has 0 radical (unpaired) electrons. The molecule has 0 aromatic carbocycles. The number of nitrogens with zero attached hydrogens (tertiary/aromatic N) is 2. The molecule has 1 aliphatic heterocycles. The molecular weight excluding hydrogens is 372 g/mol. The summed E-state index contributed by atoms with van der Waals surface area (Å²) >= 11 is 0. The van der Waals surface area contributed by atoms with Gasteiger partial charge in [-0.15, -0.1) is 0 Å². The van der Waals surface area contributed by atoms with Crippen molar-refractivity contribution in [2.45, 2.75) is 40.2 Å². The van der Waals surface area contributed by atoms with Gasteiger partial charge in [0.2, 0.25) is 5.91 Å². The highest BCUT2D eigenvalue weighted by molar-refractivity contribution is 6.11. The topological polar surface area (TPSA) is 94.5 Å². The van der Waals surface area contributed by atoms with Crippen LogP contribution in [0.1, 0.15) is 44.1 Å². The van der Waals surface area contributed by atoms with E-state index in [0.29, 0.717) is 54.5 Å². The molecule has 0 saturated carbocycles. The van der Waals surface area contributed by atoms with Gasteiger partial charge in [0.15, 0.2) is 5.69 Å². The molecule has 1 fully saturated rings. The lowest BCUT2D eigenvalue weighted by atomic mass is 10.1. The number of aryl methyl sites for hydroxylation is 1. The third-order valence-electron chi connectivity index (χ3n) is 5.19. The van der Waals surface area contributed by atoms with Crippen molar-refractivity contribution in [2.24, 2.45) is 11.8 Å². The molecule has 29 heavy (non-hydrogen) atoms. The van der Waals surface area contributed by atoms with E-state index in [9.17, 15) is 9.59 Å². The van der Waals surface area contributed by atoms with Crippen LogP contribution >= 0.6 is 0 Å². The molecule has 0 spiro atoms. The standard InChI is InChI=1S/C21H30N4O4/c1-5-25-18(21(27)28-4)17(24-20(26)14-7-9-29-12-14)16-10-15(11-23-19(16)25)22-8-6-13(2)3/h10-11,13-14,22H,5-9,12H2,1-4H3,(H,24,26). The second-order valence-corrected chi connectivity index (χ2v) is 7.71. The fourth-order valence-corrected chi connectivity index (χ4v) is 3.54. The summed E-state index contributed by atoms with van der Waals surface area (Å²) in [6, 6.07) is 1.93. The van der Waals surface area contributed by atoms with E-state index in [1.165, 1.54) is 7.11 Å². The van der Waals surface area contributed by atoms with Gasteiger partial charge in [-0.3, -0.25) is 4.79 Å². The van der Waals surface area contributed by atoms with Crippen LogP contribution in [0.2, 0.25) is 0 Å². The summed E-state index contributed by atoms with van der Waals surface area (Å²) in [5.41, 5.74) is 2.25. The summed E-state index contributed by atoms with van der Waals surface area (Å²) in [4.78, 5) is 29.9. The van der Waals surface area contributed by atoms with Crippen LogP contribution in [0.5, 0.6) is 0 Å². The number of nitrogens with one attached hydrogen (secondary N) is 2. The van der Waals surface area contributed by atoms with Gasteiger partial charge in [-0.1, -0.05) is 13.8 Å². The maximum Gasteiger partial charge on any atom is 0.356 e. The first-order valence-electron chi connectivity index (χ1n) is 10.2. The number of methoxy groups -OCH3 is 1. The predicted octanol–water partition coefficient (Wildman–Crippen LogP) is 3.28. The average Bonchev–Trinajstić information content (AvgIpc) is 3.34. The van der Waals surface area contributed by atoms with Crippen molar-refractivity contribution in [3.63, 3.8) is 0 Å². The Morgan fingerprint density at radius 3 is 2.83 bits per heavy atom. The summed E-state index contributed by atoms with van der Waals surface area (Å²) in [6.45, 7) is 8.59. The Labute approximate surface area is 171 Å². The number of carbonyl (C=O) groups excluding carboxylic acids is 2. The van der Waals surface area contributed by atoms with Crippen molar-refractivity contribution in [1.29, 1.82) is 0 Å². The first kappa shape index (κ1) is 21.1. The van der Waals surface area contributed by atoms with Gasteiger partial charge in [0, 0.05) is 25.1 Å². The quantitative estimate of drug-likeness (QED) is 0.658. The van der Waals surface area contributed by atoms with Crippen molar-refractivity contribution < 1.29 is 19.1 Å². The predicted molar refractivity (Wildman–Crippen MR) is 112 cm³/mol. The zero-order valence-corrected chi connectivity index (χ0v) is 17.6. The third-order valence-corrected chi connectivity index (χ3v) is 5.19. The maximum atomic E-state index is 12.8. The molecule has 158 valence electrons. The second-order valence-electron chi connectivity index (χ2n) is 7.71. The molecule has 1 saturated heterocycles. The van der Waals surface area contributed by atoms with Crippen LogP contribution in [0, 0.1) is 11.8 Å². The highest BCUT2D eigenvalue weighted by Gasteiger charge is 2.29. The van der Waals surface area contributed by atoms with Crippen molar-refractivity contribution in [2.75, 3.05) is 37.5 Å². The zero-order chi connectivity index (χ0) is 21.0. The molecule has 1 unspecified atom stereocenters. The molecule has 2 N–H and O–H groups in total. The number of esters is 1. The van der Waals surface area contributed by atoms with Crippen LogP contribution in [-0.2, 0) is 20.8 Å². The highest BCUT2D eigenvalue weighted by Crippen LogP contribution is 2.33. The number of fused-ring (bicyclic) bond motifs is 1. The van der Waals surface area contributed by atoms with Crippen LogP contribution in [0.3, 0.4) is 0 Å². The third kappa shape index (κ3) is 4.53. The van der Waals surface area contributed by atoms with Gasteiger partial charge >= 0.3 is 5.97 Å². The summed E-state index contributed by atoms with van der Waals surface area (Å²) in [7, 11) is 1.34. The molecule has 2 aromatic rings. The lowest BCUT2D eigenvalue weighted by Gasteiger charge is -2.11. The van der Waals surface area contributed by atoms with Crippen molar-refractivity contribution >= 4 is 34.3 Å². The number of hydrogen-bond donors (Lipinski definition) is 2. The summed E-state index contributed by atoms with van der Waals surface area (Å²) in [5.74, 6) is -0.284. The van der Waals surface area contributed by atoms with E-state index in [0.717, 1.165) is 18.7 Å². The van der Waals surface area contributed by atoms with Crippen molar-refractivity contribution in [3.05, 3.63) is 18.0 Å². The average molecular weight is 402 g/mol. The Bertz CT molecular complexity index is 884. The fraction of sp³-hybridized carbons (Fsp3) is 0.571. The minimum Gasteiger partial charge on any atom is -0.464 e. The van der Waals surface area contributed by atoms with Gasteiger partial charge in [0.1, 0.15) is 5.65 Å². The van der Waals surface area contributed by atoms with Gasteiger partial charge in [0.05, 0.1) is 37.2 Å². The number of anilines is 2. The largest absolute Gasteiger partial charge is 0.464 e. The number of ether oxygens (including phenoxy) is 2. The van der Waals surface area contributed by atoms with E-state index < -0.39 is 5.97 Å². The van der Waals surface area contributed by atoms with E-state index in [4.69, 9.17) is 9.47 Å². The van der Waals surface area contributed by atoms with Crippen molar-refractivity contribution in [1.82, 2.24) is 9.55 Å². The lowest BCUT2D eigenvalue weighted by molar-refractivity contribution is -0.119. The molecule has 0 bridgehead atoms. The Morgan fingerprint density at radius 2 is 2.21 bits per heavy atom. The normalized spacial score (nSPS) is 16.4. The van der Waals surface area contributed by atoms with Crippen LogP contribution in [0.15, 0.2) is 12.3 Å². The Hall–Kier alpha value is -2.61. The maximum absolute atomic E-state index is 12.8. The fourth-order valence-electron chi connectivity index (χ4n) is 3.54. The van der Waals surface area contributed by atoms with Crippen LogP contribution in [0.4, 0.5) is 11.4 Å². The number of pyridine rings is 1. The van der Waals surface area contributed by atoms with Gasteiger partial charge in [-0.05, 0) is 31.7 Å². The van der Waals surface area contributed by atoms with E-state index in [1.807, 2.05) is 13.0 Å². The minimum absolute atomic E-state index is 0.152. The molecule has 0 aliphatic carbocycles. The van der Waals surface area contributed by atoms with E-state index in [-0.39, 0.29) is 11.8 Å². The van der Waals surface area contributed by atoms with Crippen LogP contribution in [-0.4, -0.2) is 48.3 Å². The molecule has 8 nitrogen and oxygen atoms in total. The second kappa shape index (κ2) is 9.26. The number of rotatable bonds is 8. The van der Waals surface area contributed by atoms with Gasteiger partial charge in [0.25, 0.3) is 0 Å². The SMILES string of the molecule is CCn1c(C(=O)OC)c(NC(=O)C2CCOC2)c2cc(NCCC(C)C)cnc21.